The van der Waals surface area contributed by atoms with Crippen molar-refractivity contribution in [2.45, 2.75) is 28.1 Å². The van der Waals surface area contributed by atoms with E-state index in [1.54, 1.807) is 35.6 Å². The maximum Gasteiger partial charge on any atom is 0.342 e. The molecule has 7 nitrogen and oxygen atoms in total. The molecule has 0 radical (unpaired) electrons. The van der Waals surface area contributed by atoms with Crippen LogP contribution in [0.1, 0.15) is 12.7 Å². The Labute approximate surface area is 217 Å². The second-order valence-corrected chi connectivity index (χ2v) is 10.9. The predicted molar refractivity (Wildman–Crippen MR) is 140 cm³/mol. The second-order valence-electron chi connectivity index (χ2n) is 7.18. The Hall–Kier alpha value is -3.05. The molecule has 0 spiro atoms. The number of carboxylic acids is 1. The standard InChI is InChI=1S/C24H17ClN4O3S3/c1-2-29-21(14-7-9-15(25)10-8-14)27-28-23(29)33-19(22(30)31)13-16-11-12-20(32-16)35-24-26-17-5-3-4-6-18(17)34-24/h3-13H,2H2,1H3,(H,30,31)/b19-13-. The van der Waals surface area contributed by atoms with Crippen molar-refractivity contribution in [1.82, 2.24) is 19.7 Å². The number of aliphatic carboxylic acids is 1. The molecule has 1 N–H and O–H groups in total. The highest BCUT2D eigenvalue weighted by atomic mass is 35.5. The number of hydrogen-bond acceptors (Lipinski definition) is 8. The third kappa shape index (κ3) is 5.30. The summed E-state index contributed by atoms with van der Waals surface area (Å²) < 4.78 is 9.69. The molecule has 5 aromatic rings. The van der Waals surface area contributed by atoms with E-state index in [0.29, 0.717) is 33.4 Å². The number of rotatable bonds is 8. The van der Waals surface area contributed by atoms with Crippen LogP contribution < -0.4 is 0 Å². The van der Waals surface area contributed by atoms with Crippen molar-refractivity contribution in [2.24, 2.45) is 0 Å². The van der Waals surface area contributed by atoms with Crippen LogP contribution in [0.2, 0.25) is 5.02 Å². The molecule has 3 aromatic heterocycles. The Kier molecular flexibility index (Phi) is 6.96. The number of fused-ring (bicyclic) bond motifs is 1. The number of furan rings is 1. The quantitative estimate of drug-likeness (QED) is 0.163. The molecule has 0 aliphatic rings. The Morgan fingerprint density at radius 1 is 1.14 bits per heavy atom. The Morgan fingerprint density at radius 3 is 2.69 bits per heavy atom. The fraction of sp³-hybridized carbons (Fsp3) is 0.0833. The number of aromatic nitrogens is 4. The largest absolute Gasteiger partial charge is 0.477 e. The molecule has 0 unspecified atom stereocenters. The number of thioether (sulfide) groups is 1. The van der Waals surface area contributed by atoms with E-state index < -0.39 is 5.97 Å². The lowest BCUT2D eigenvalue weighted by Crippen LogP contribution is -2.02. The topological polar surface area (TPSA) is 94.0 Å². The number of thiazole rings is 1. The lowest BCUT2D eigenvalue weighted by molar-refractivity contribution is -0.131. The van der Waals surface area contributed by atoms with Crippen molar-refractivity contribution >= 4 is 68.7 Å². The summed E-state index contributed by atoms with van der Waals surface area (Å²) in [5.41, 5.74) is 1.79. The van der Waals surface area contributed by atoms with Crippen LogP contribution in [-0.2, 0) is 11.3 Å². The molecule has 5 rings (SSSR count). The average molecular weight is 541 g/mol. The predicted octanol–water partition coefficient (Wildman–Crippen LogP) is 7.19. The number of hydrogen-bond donors (Lipinski definition) is 1. The van der Waals surface area contributed by atoms with E-state index in [4.69, 9.17) is 16.0 Å². The first-order valence-electron chi connectivity index (χ1n) is 10.5. The van der Waals surface area contributed by atoms with E-state index in [0.717, 1.165) is 31.9 Å². The van der Waals surface area contributed by atoms with Gasteiger partial charge in [0.25, 0.3) is 0 Å². The molecule has 0 saturated carbocycles. The normalized spacial score (nSPS) is 11.9. The molecular formula is C24H17ClN4O3S3. The number of carboxylic acid groups (broad SMARTS) is 1. The minimum Gasteiger partial charge on any atom is -0.477 e. The van der Waals surface area contributed by atoms with E-state index in [-0.39, 0.29) is 4.91 Å². The van der Waals surface area contributed by atoms with Gasteiger partial charge in [0, 0.05) is 23.2 Å². The molecule has 0 fully saturated rings. The zero-order valence-corrected chi connectivity index (χ0v) is 21.4. The Morgan fingerprint density at radius 2 is 1.94 bits per heavy atom. The molecule has 0 bridgehead atoms. The van der Waals surface area contributed by atoms with E-state index in [1.807, 2.05) is 47.9 Å². The highest BCUT2D eigenvalue weighted by Crippen LogP contribution is 2.36. The van der Waals surface area contributed by atoms with Crippen molar-refractivity contribution in [2.75, 3.05) is 0 Å². The van der Waals surface area contributed by atoms with Gasteiger partial charge >= 0.3 is 5.97 Å². The molecule has 11 heteroatoms. The van der Waals surface area contributed by atoms with Crippen LogP contribution in [0.15, 0.2) is 84.6 Å². The lowest BCUT2D eigenvalue weighted by Gasteiger charge is -2.07. The minimum atomic E-state index is -1.08. The zero-order valence-electron chi connectivity index (χ0n) is 18.2. The van der Waals surface area contributed by atoms with E-state index >= 15 is 0 Å². The molecule has 35 heavy (non-hydrogen) atoms. The van der Waals surface area contributed by atoms with Gasteiger partial charge in [-0.15, -0.1) is 21.5 Å². The summed E-state index contributed by atoms with van der Waals surface area (Å²) in [5, 5.41) is 20.1. The van der Waals surface area contributed by atoms with Gasteiger partial charge in [-0.1, -0.05) is 23.7 Å². The third-order valence-electron chi connectivity index (χ3n) is 4.89. The molecule has 2 aromatic carbocycles. The van der Waals surface area contributed by atoms with Crippen molar-refractivity contribution in [3.63, 3.8) is 0 Å². The van der Waals surface area contributed by atoms with Crippen LogP contribution in [0.4, 0.5) is 0 Å². The van der Waals surface area contributed by atoms with E-state index in [9.17, 15) is 9.90 Å². The van der Waals surface area contributed by atoms with Crippen LogP contribution in [-0.4, -0.2) is 30.8 Å². The summed E-state index contributed by atoms with van der Waals surface area (Å²) in [4.78, 5) is 16.7. The number of para-hydroxylation sites is 1. The van der Waals surface area contributed by atoms with Crippen LogP contribution >= 0.6 is 46.5 Å². The second kappa shape index (κ2) is 10.3. The smallest absolute Gasteiger partial charge is 0.342 e. The number of halogens is 1. The van der Waals surface area contributed by atoms with Gasteiger partial charge in [-0.2, -0.15) is 0 Å². The number of benzene rings is 2. The molecule has 0 saturated heterocycles. The van der Waals surface area contributed by atoms with Crippen molar-refractivity contribution < 1.29 is 14.3 Å². The summed E-state index contributed by atoms with van der Waals surface area (Å²) in [7, 11) is 0. The molecule has 3 heterocycles. The first-order valence-corrected chi connectivity index (χ1v) is 13.3. The summed E-state index contributed by atoms with van der Waals surface area (Å²) >= 11 is 10.00. The van der Waals surface area contributed by atoms with Crippen molar-refractivity contribution in [3.05, 3.63) is 76.4 Å². The Bertz CT molecular complexity index is 1510. The molecule has 0 atom stereocenters. The maximum absolute atomic E-state index is 12.0. The first kappa shape index (κ1) is 23.7. The van der Waals surface area contributed by atoms with Crippen molar-refractivity contribution in [1.29, 1.82) is 0 Å². The van der Waals surface area contributed by atoms with Gasteiger partial charge in [-0.05, 0) is 79.0 Å². The van der Waals surface area contributed by atoms with Gasteiger partial charge in [0.15, 0.2) is 20.4 Å². The Balaban J connectivity index is 1.37. The zero-order chi connectivity index (χ0) is 24.4. The fourth-order valence-corrected chi connectivity index (χ4v) is 6.23. The van der Waals surface area contributed by atoms with Crippen molar-refractivity contribution in [3.8, 4) is 11.4 Å². The lowest BCUT2D eigenvalue weighted by atomic mass is 10.2. The van der Waals surface area contributed by atoms with Gasteiger partial charge in [0.2, 0.25) is 0 Å². The van der Waals surface area contributed by atoms with Gasteiger partial charge < -0.3 is 14.1 Å². The minimum absolute atomic E-state index is 0.0700. The van der Waals surface area contributed by atoms with Crippen LogP contribution in [0, 0.1) is 0 Å². The molecular weight excluding hydrogens is 524 g/mol. The number of carbonyl (C=O) groups is 1. The van der Waals surface area contributed by atoms with Gasteiger partial charge in [0.05, 0.1) is 10.2 Å². The first-order chi connectivity index (χ1) is 17.0. The summed E-state index contributed by atoms with van der Waals surface area (Å²) in [6.45, 7) is 2.53. The molecule has 0 amide bonds. The SMILES string of the molecule is CCn1c(S/C(=C\c2ccc(Sc3nc4ccccc4s3)o2)C(=O)O)nnc1-c1ccc(Cl)cc1. The molecule has 176 valence electrons. The van der Waals surface area contributed by atoms with Crippen LogP contribution in [0.3, 0.4) is 0 Å². The summed E-state index contributed by atoms with van der Waals surface area (Å²) in [6.07, 6.45) is 1.49. The van der Waals surface area contributed by atoms with Crippen LogP contribution in [0.25, 0.3) is 27.7 Å². The molecule has 0 aliphatic heterocycles. The average Bonchev–Trinajstić information content (AvgIpc) is 3.57. The molecule has 0 aliphatic carbocycles. The van der Waals surface area contributed by atoms with E-state index in [2.05, 4.69) is 15.2 Å². The third-order valence-corrected chi connectivity index (χ3v) is 8.15. The van der Waals surface area contributed by atoms with Gasteiger partial charge in [-0.25, -0.2) is 9.78 Å². The highest BCUT2D eigenvalue weighted by molar-refractivity contribution is 8.04. The fourth-order valence-electron chi connectivity index (χ4n) is 3.27. The summed E-state index contributed by atoms with van der Waals surface area (Å²) in [6, 6.07) is 18.7. The maximum atomic E-state index is 12.0. The monoisotopic (exact) mass is 540 g/mol. The van der Waals surface area contributed by atoms with Gasteiger partial charge in [0.1, 0.15) is 10.7 Å². The summed E-state index contributed by atoms with van der Waals surface area (Å²) in [5.74, 6) is -0.00611. The van der Waals surface area contributed by atoms with Gasteiger partial charge in [-0.3, -0.25) is 0 Å². The van der Waals surface area contributed by atoms with E-state index in [1.165, 1.54) is 17.8 Å². The highest BCUT2D eigenvalue weighted by Gasteiger charge is 2.19. The number of nitrogens with zero attached hydrogens (tertiary/aromatic N) is 4. The van der Waals surface area contributed by atoms with Crippen LogP contribution in [0.5, 0.6) is 0 Å².